The molecule has 1 aliphatic rings. The van der Waals surface area contributed by atoms with Crippen LogP contribution >= 0.6 is 11.8 Å². The number of hydrogen-bond donors (Lipinski definition) is 0. The highest BCUT2D eigenvalue weighted by Gasteiger charge is 2.20. The van der Waals surface area contributed by atoms with Crippen molar-refractivity contribution in [1.82, 2.24) is 14.6 Å². The normalized spacial score (nSPS) is 17.4. The summed E-state index contributed by atoms with van der Waals surface area (Å²) in [4.78, 5) is 10.8. The van der Waals surface area contributed by atoms with E-state index in [0.717, 1.165) is 30.6 Å². The van der Waals surface area contributed by atoms with E-state index in [0.29, 0.717) is 11.5 Å². The Bertz CT molecular complexity index is 546. The highest BCUT2D eigenvalue weighted by molar-refractivity contribution is 7.99. The van der Waals surface area contributed by atoms with Gasteiger partial charge in [-0.15, -0.1) is 10.2 Å². The Hall–Kier alpha value is -1.36. The summed E-state index contributed by atoms with van der Waals surface area (Å²) in [5.74, 6) is 3.86. The minimum absolute atomic E-state index is 0.480. The van der Waals surface area contributed by atoms with Crippen LogP contribution in [0.3, 0.4) is 0 Å². The molecule has 17 heavy (non-hydrogen) atoms. The molecular formula is C12H13N3OS. The number of hydrogen-bond acceptors (Lipinski definition) is 4. The van der Waals surface area contributed by atoms with Crippen molar-refractivity contribution in [3.05, 3.63) is 29.7 Å². The molecular weight excluding hydrogens is 234 g/mol. The van der Waals surface area contributed by atoms with Gasteiger partial charge in [-0.25, -0.2) is 0 Å². The summed E-state index contributed by atoms with van der Waals surface area (Å²) < 4.78 is 1.96. The highest BCUT2D eigenvalue weighted by Crippen LogP contribution is 2.30. The molecule has 0 unspecified atom stereocenters. The number of carbonyl (C=O) groups is 1. The van der Waals surface area contributed by atoms with Crippen molar-refractivity contribution in [3.8, 4) is 0 Å². The zero-order valence-corrected chi connectivity index (χ0v) is 10.2. The van der Waals surface area contributed by atoms with Crippen LogP contribution in [0.15, 0.2) is 18.3 Å². The lowest BCUT2D eigenvalue weighted by Gasteiger charge is -2.19. The molecule has 1 saturated heterocycles. The Balaban J connectivity index is 2.05. The van der Waals surface area contributed by atoms with Gasteiger partial charge in [-0.1, -0.05) is 0 Å². The lowest BCUT2D eigenvalue weighted by atomic mass is 10.0. The molecule has 1 aliphatic heterocycles. The summed E-state index contributed by atoms with van der Waals surface area (Å²) in [6.07, 6.45) is 4.99. The van der Waals surface area contributed by atoms with Crippen molar-refractivity contribution in [1.29, 1.82) is 0 Å². The van der Waals surface area contributed by atoms with Crippen LogP contribution < -0.4 is 0 Å². The van der Waals surface area contributed by atoms with E-state index in [9.17, 15) is 4.79 Å². The maximum absolute atomic E-state index is 10.8. The van der Waals surface area contributed by atoms with Gasteiger partial charge in [-0.3, -0.25) is 9.20 Å². The number of rotatable bonds is 2. The molecule has 0 amide bonds. The predicted octanol–water partition coefficient (Wildman–Crippen LogP) is 2.15. The number of pyridine rings is 1. The van der Waals surface area contributed by atoms with Gasteiger partial charge in [0.1, 0.15) is 5.82 Å². The zero-order valence-electron chi connectivity index (χ0n) is 9.37. The fraction of sp³-hybridized carbons (Fsp3) is 0.417. The average molecular weight is 247 g/mol. The van der Waals surface area contributed by atoms with Crippen molar-refractivity contribution in [3.63, 3.8) is 0 Å². The molecule has 0 spiro atoms. The highest BCUT2D eigenvalue weighted by atomic mass is 32.2. The first kappa shape index (κ1) is 10.8. The molecule has 0 aromatic carbocycles. The third kappa shape index (κ3) is 1.95. The van der Waals surface area contributed by atoms with Gasteiger partial charge in [-0.05, 0) is 36.5 Å². The van der Waals surface area contributed by atoms with E-state index in [-0.39, 0.29) is 0 Å². The Morgan fingerprint density at radius 1 is 1.29 bits per heavy atom. The first-order valence-electron chi connectivity index (χ1n) is 5.76. The average Bonchev–Trinajstić information content (AvgIpc) is 2.82. The van der Waals surface area contributed by atoms with E-state index in [1.165, 1.54) is 11.5 Å². The van der Waals surface area contributed by atoms with Crippen LogP contribution in [0, 0.1) is 0 Å². The quantitative estimate of drug-likeness (QED) is 0.763. The summed E-state index contributed by atoms with van der Waals surface area (Å²) in [5, 5.41) is 8.44. The minimum Gasteiger partial charge on any atom is -0.298 e. The number of carbonyl (C=O) groups excluding carboxylic acids is 1. The van der Waals surface area contributed by atoms with Gasteiger partial charge in [-0.2, -0.15) is 11.8 Å². The van der Waals surface area contributed by atoms with Gasteiger partial charge in [0.05, 0.1) is 0 Å². The zero-order chi connectivity index (χ0) is 11.7. The minimum atomic E-state index is 0.480. The van der Waals surface area contributed by atoms with E-state index < -0.39 is 0 Å². The third-order valence-electron chi connectivity index (χ3n) is 3.17. The number of nitrogens with zero attached hydrogens (tertiary/aromatic N) is 3. The number of aromatic nitrogens is 3. The molecule has 2 aromatic heterocycles. The van der Waals surface area contributed by atoms with Crippen molar-refractivity contribution in [2.75, 3.05) is 11.5 Å². The summed E-state index contributed by atoms with van der Waals surface area (Å²) in [5.41, 5.74) is 1.49. The monoisotopic (exact) mass is 247 g/mol. The Kier molecular flexibility index (Phi) is 2.84. The van der Waals surface area contributed by atoms with E-state index in [4.69, 9.17) is 0 Å². The molecule has 4 nitrogen and oxygen atoms in total. The molecule has 0 radical (unpaired) electrons. The van der Waals surface area contributed by atoms with Gasteiger partial charge in [0.25, 0.3) is 0 Å². The van der Waals surface area contributed by atoms with Crippen LogP contribution in [0.1, 0.15) is 34.9 Å². The lowest BCUT2D eigenvalue weighted by Crippen LogP contribution is -2.11. The fourth-order valence-corrected chi connectivity index (χ4v) is 3.34. The first-order chi connectivity index (χ1) is 8.38. The van der Waals surface area contributed by atoms with Crippen LogP contribution in [0.2, 0.25) is 0 Å². The SMILES string of the molecule is O=Cc1ccc2nnc(C3CCSCC3)n2c1. The van der Waals surface area contributed by atoms with Gasteiger partial charge < -0.3 is 0 Å². The molecule has 0 bridgehead atoms. The second-order valence-corrected chi connectivity index (χ2v) is 5.48. The summed E-state index contributed by atoms with van der Waals surface area (Å²) in [7, 11) is 0. The molecule has 0 saturated carbocycles. The standard InChI is InChI=1S/C12H13N3OS/c16-8-9-1-2-11-13-14-12(15(11)7-9)10-3-5-17-6-4-10/h1-2,7-8,10H,3-6H2. The van der Waals surface area contributed by atoms with Gasteiger partial charge in [0.2, 0.25) is 0 Å². The van der Waals surface area contributed by atoms with Gasteiger partial charge in [0.15, 0.2) is 11.9 Å². The van der Waals surface area contributed by atoms with Crippen molar-refractivity contribution in [2.45, 2.75) is 18.8 Å². The molecule has 5 heteroatoms. The third-order valence-corrected chi connectivity index (χ3v) is 4.22. The van der Waals surface area contributed by atoms with E-state index >= 15 is 0 Å². The number of fused-ring (bicyclic) bond motifs is 1. The Labute approximate surface area is 103 Å². The maximum Gasteiger partial charge on any atom is 0.160 e. The smallest absolute Gasteiger partial charge is 0.160 e. The first-order valence-corrected chi connectivity index (χ1v) is 6.91. The van der Waals surface area contributed by atoms with Crippen LogP contribution in [0.4, 0.5) is 0 Å². The molecule has 2 aromatic rings. The van der Waals surface area contributed by atoms with Gasteiger partial charge >= 0.3 is 0 Å². The molecule has 0 aliphatic carbocycles. The Morgan fingerprint density at radius 3 is 2.88 bits per heavy atom. The van der Waals surface area contributed by atoms with E-state index in [1.807, 2.05) is 28.4 Å². The summed E-state index contributed by atoms with van der Waals surface area (Å²) in [6.45, 7) is 0. The number of thioether (sulfide) groups is 1. The molecule has 0 atom stereocenters. The second-order valence-electron chi connectivity index (χ2n) is 4.25. The van der Waals surface area contributed by atoms with E-state index in [2.05, 4.69) is 10.2 Å². The van der Waals surface area contributed by atoms with Crippen LogP contribution in [-0.2, 0) is 0 Å². The van der Waals surface area contributed by atoms with Crippen LogP contribution in [-0.4, -0.2) is 32.4 Å². The molecule has 1 fully saturated rings. The lowest BCUT2D eigenvalue weighted by molar-refractivity contribution is 0.112. The largest absolute Gasteiger partial charge is 0.298 e. The topological polar surface area (TPSA) is 47.3 Å². The van der Waals surface area contributed by atoms with Crippen molar-refractivity contribution in [2.24, 2.45) is 0 Å². The summed E-state index contributed by atoms with van der Waals surface area (Å²) in [6, 6.07) is 3.62. The predicted molar refractivity (Wildman–Crippen MR) is 67.7 cm³/mol. The van der Waals surface area contributed by atoms with Crippen molar-refractivity contribution < 1.29 is 4.79 Å². The van der Waals surface area contributed by atoms with E-state index in [1.54, 1.807) is 6.07 Å². The van der Waals surface area contributed by atoms with Crippen molar-refractivity contribution >= 4 is 23.7 Å². The molecule has 3 heterocycles. The van der Waals surface area contributed by atoms with Crippen LogP contribution in [0.25, 0.3) is 5.65 Å². The fourth-order valence-electron chi connectivity index (χ4n) is 2.23. The maximum atomic E-state index is 10.8. The second kappa shape index (κ2) is 4.49. The molecule has 88 valence electrons. The van der Waals surface area contributed by atoms with Crippen LogP contribution in [0.5, 0.6) is 0 Å². The molecule has 0 N–H and O–H groups in total. The summed E-state index contributed by atoms with van der Waals surface area (Å²) >= 11 is 2.00. The number of aldehydes is 1. The Morgan fingerprint density at radius 2 is 2.12 bits per heavy atom. The molecule has 3 rings (SSSR count). The van der Waals surface area contributed by atoms with Gasteiger partial charge in [0, 0.05) is 17.7 Å².